The maximum Gasteiger partial charge on any atom is 0.270 e. The predicted molar refractivity (Wildman–Crippen MR) is 134 cm³/mol. The highest BCUT2D eigenvalue weighted by Gasteiger charge is 2.31. The van der Waals surface area contributed by atoms with E-state index in [0.717, 1.165) is 23.1 Å². The highest BCUT2D eigenvalue weighted by molar-refractivity contribution is 7.09. The highest BCUT2D eigenvalue weighted by atomic mass is 32.1. The minimum Gasteiger partial charge on any atom is -0.486 e. The largest absolute Gasteiger partial charge is 0.486 e. The average Bonchev–Trinajstić information content (AvgIpc) is 3.34. The van der Waals surface area contributed by atoms with Crippen LogP contribution in [-0.2, 0) is 17.8 Å². The summed E-state index contributed by atoms with van der Waals surface area (Å²) in [6, 6.07) is 11.9. The Morgan fingerprint density at radius 1 is 1.23 bits per heavy atom. The van der Waals surface area contributed by atoms with E-state index in [0.29, 0.717) is 41.9 Å². The second-order valence-electron chi connectivity index (χ2n) is 9.02. The lowest BCUT2D eigenvalue weighted by atomic mass is 9.87. The Balaban J connectivity index is 1.53. The first-order valence-corrected chi connectivity index (χ1v) is 12.8. The van der Waals surface area contributed by atoms with Gasteiger partial charge in [0.2, 0.25) is 5.91 Å². The maximum atomic E-state index is 13.6. The van der Waals surface area contributed by atoms with Crippen molar-refractivity contribution in [3.05, 3.63) is 81.1 Å². The third kappa shape index (κ3) is 5.88. The zero-order valence-corrected chi connectivity index (χ0v) is 21.0. The lowest BCUT2D eigenvalue weighted by molar-refractivity contribution is -0.132. The minimum absolute atomic E-state index is 0.0577. The third-order valence-corrected chi connectivity index (χ3v) is 6.79. The zero-order chi connectivity index (χ0) is 24.9. The van der Waals surface area contributed by atoms with Crippen molar-refractivity contribution >= 4 is 23.2 Å². The molecule has 0 spiro atoms. The zero-order valence-electron chi connectivity index (χ0n) is 20.2. The number of halogens is 1. The van der Waals surface area contributed by atoms with Gasteiger partial charge in [0.1, 0.15) is 28.9 Å². The average molecular weight is 496 g/mol. The van der Waals surface area contributed by atoms with E-state index in [2.05, 4.69) is 10.3 Å². The summed E-state index contributed by atoms with van der Waals surface area (Å²) in [4.78, 5) is 31.2. The summed E-state index contributed by atoms with van der Waals surface area (Å²) in [6.45, 7) is 7.38. The van der Waals surface area contributed by atoms with Crippen LogP contribution < -0.4 is 10.1 Å². The van der Waals surface area contributed by atoms with Gasteiger partial charge in [-0.3, -0.25) is 9.59 Å². The number of carbonyl (C=O) groups is 2. The van der Waals surface area contributed by atoms with Crippen molar-refractivity contribution < 1.29 is 18.7 Å². The summed E-state index contributed by atoms with van der Waals surface area (Å²) in [5.41, 5.74) is 3.38. The molecule has 0 fully saturated rings. The second-order valence-corrected chi connectivity index (χ2v) is 9.97. The fourth-order valence-electron chi connectivity index (χ4n) is 4.17. The normalized spacial score (nSPS) is 15.1. The Bertz CT molecular complexity index is 1190. The van der Waals surface area contributed by atoms with Crippen LogP contribution in [0, 0.1) is 11.7 Å². The first-order valence-electron chi connectivity index (χ1n) is 11.9. The van der Waals surface area contributed by atoms with Crippen molar-refractivity contribution in [2.24, 2.45) is 5.92 Å². The molecule has 2 heterocycles. The predicted octanol–water partition coefficient (Wildman–Crippen LogP) is 5.13. The lowest BCUT2D eigenvalue weighted by Crippen LogP contribution is -2.40. The molecule has 2 amide bonds. The van der Waals surface area contributed by atoms with E-state index in [-0.39, 0.29) is 30.3 Å². The summed E-state index contributed by atoms with van der Waals surface area (Å²) < 4.78 is 19.6. The second kappa shape index (κ2) is 11.0. The standard InChI is InChI=1S/C27H30FN3O3S/c1-4-25(32)31-12-11-18-7-10-21(13-22(18)26(31)19-5-8-20(28)9-6-19)34-15-24-30-23(16-35-24)27(33)29-14-17(2)3/h5-10,13,16-17,26H,4,11-12,14-15H2,1-3H3,(H,29,33). The van der Waals surface area contributed by atoms with Crippen LogP contribution in [0.15, 0.2) is 47.8 Å². The lowest BCUT2D eigenvalue weighted by Gasteiger charge is -2.38. The monoisotopic (exact) mass is 495 g/mol. The van der Waals surface area contributed by atoms with Crippen molar-refractivity contribution in [1.82, 2.24) is 15.2 Å². The van der Waals surface area contributed by atoms with E-state index in [4.69, 9.17) is 4.74 Å². The summed E-state index contributed by atoms with van der Waals surface area (Å²) in [5.74, 6) is 0.588. The molecule has 2 aromatic carbocycles. The number of nitrogens with zero attached hydrogens (tertiary/aromatic N) is 2. The smallest absolute Gasteiger partial charge is 0.270 e. The third-order valence-electron chi connectivity index (χ3n) is 5.97. The van der Waals surface area contributed by atoms with E-state index in [9.17, 15) is 14.0 Å². The van der Waals surface area contributed by atoms with Crippen LogP contribution in [0.1, 0.15) is 65.4 Å². The topological polar surface area (TPSA) is 71.5 Å². The number of hydrogen-bond donors (Lipinski definition) is 1. The maximum absolute atomic E-state index is 13.6. The van der Waals surface area contributed by atoms with Gasteiger partial charge in [-0.2, -0.15) is 0 Å². The number of fused-ring (bicyclic) bond motifs is 1. The number of amides is 2. The summed E-state index contributed by atoms with van der Waals surface area (Å²) in [6.07, 6.45) is 1.15. The van der Waals surface area contributed by atoms with Crippen molar-refractivity contribution in [2.45, 2.75) is 46.3 Å². The van der Waals surface area contributed by atoms with E-state index < -0.39 is 0 Å². The van der Waals surface area contributed by atoms with E-state index >= 15 is 0 Å². The Morgan fingerprint density at radius 2 is 2.00 bits per heavy atom. The molecule has 6 nitrogen and oxygen atoms in total. The van der Waals surface area contributed by atoms with Crippen LogP contribution in [0.4, 0.5) is 4.39 Å². The van der Waals surface area contributed by atoms with Crippen LogP contribution in [0.5, 0.6) is 5.75 Å². The molecule has 0 saturated heterocycles. The number of carbonyl (C=O) groups excluding carboxylic acids is 2. The van der Waals surface area contributed by atoms with Gasteiger partial charge in [-0.25, -0.2) is 9.37 Å². The van der Waals surface area contributed by atoms with Gasteiger partial charge in [0.05, 0.1) is 6.04 Å². The van der Waals surface area contributed by atoms with Gasteiger partial charge in [-0.1, -0.05) is 39.0 Å². The molecular formula is C27H30FN3O3S. The Labute approximate surface area is 209 Å². The molecule has 1 aliphatic heterocycles. The number of thiazole rings is 1. The van der Waals surface area contributed by atoms with Crippen LogP contribution in [-0.4, -0.2) is 34.8 Å². The van der Waals surface area contributed by atoms with Gasteiger partial charge < -0.3 is 15.0 Å². The van der Waals surface area contributed by atoms with Crippen molar-refractivity contribution in [3.63, 3.8) is 0 Å². The van der Waals surface area contributed by atoms with Gasteiger partial charge in [0.15, 0.2) is 0 Å². The number of nitrogens with one attached hydrogen (secondary N) is 1. The van der Waals surface area contributed by atoms with Gasteiger partial charge in [-0.05, 0) is 53.3 Å². The van der Waals surface area contributed by atoms with Gasteiger partial charge in [0, 0.05) is 24.9 Å². The molecule has 1 aromatic heterocycles. The number of ether oxygens (including phenoxy) is 1. The summed E-state index contributed by atoms with van der Waals surface area (Å²) in [7, 11) is 0. The van der Waals surface area contributed by atoms with Gasteiger partial charge in [0.25, 0.3) is 5.91 Å². The molecule has 0 saturated carbocycles. The van der Waals surface area contributed by atoms with E-state index in [1.165, 1.54) is 23.5 Å². The number of aromatic nitrogens is 1. The van der Waals surface area contributed by atoms with E-state index in [1.807, 2.05) is 43.9 Å². The summed E-state index contributed by atoms with van der Waals surface area (Å²) in [5, 5.41) is 5.31. The molecule has 0 aliphatic carbocycles. The molecule has 1 unspecified atom stereocenters. The van der Waals surface area contributed by atoms with Crippen LogP contribution in [0.3, 0.4) is 0 Å². The number of hydrogen-bond acceptors (Lipinski definition) is 5. The Kier molecular flexibility index (Phi) is 7.80. The Morgan fingerprint density at radius 3 is 2.71 bits per heavy atom. The van der Waals surface area contributed by atoms with Crippen molar-refractivity contribution in [3.8, 4) is 5.75 Å². The molecule has 0 radical (unpaired) electrons. The molecule has 1 aliphatic rings. The van der Waals surface area contributed by atoms with Crippen LogP contribution in [0.2, 0.25) is 0 Å². The number of rotatable bonds is 8. The molecule has 1 N–H and O–H groups in total. The highest BCUT2D eigenvalue weighted by Crippen LogP contribution is 2.37. The van der Waals surface area contributed by atoms with Crippen molar-refractivity contribution in [1.29, 1.82) is 0 Å². The van der Waals surface area contributed by atoms with Crippen molar-refractivity contribution in [2.75, 3.05) is 13.1 Å². The quantitative estimate of drug-likeness (QED) is 0.470. The molecule has 0 bridgehead atoms. The Hall–Kier alpha value is -3.26. The summed E-state index contributed by atoms with van der Waals surface area (Å²) >= 11 is 1.38. The van der Waals surface area contributed by atoms with E-state index in [1.54, 1.807) is 17.5 Å². The molecule has 3 aromatic rings. The molecule has 8 heteroatoms. The van der Waals surface area contributed by atoms with Gasteiger partial charge in [-0.15, -0.1) is 11.3 Å². The molecule has 1 atom stereocenters. The molecule has 4 rings (SSSR count). The minimum atomic E-state index is -0.309. The SMILES string of the molecule is CCC(=O)N1CCc2ccc(OCc3nc(C(=O)NCC(C)C)cs3)cc2C1c1ccc(F)cc1. The fourth-order valence-corrected chi connectivity index (χ4v) is 4.86. The molecule has 35 heavy (non-hydrogen) atoms. The molecule has 184 valence electrons. The fraction of sp³-hybridized carbons (Fsp3) is 0.370. The first kappa shape index (κ1) is 24.9. The van der Waals surface area contributed by atoms with Crippen LogP contribution in [0.25, 0.3) is 0 Å². The molecular weight excluding hydrogens is 465 g/mol. The van der Waals surface area contributed by atoms with Crippen LogP contribution >= 0.6 is 11.3 Å². The van der Waals surface area contributed by atoms with Gasteiger partial charge >= 0.3 is 0 Å². The number of benzene rings is 2. The first-order chi connectivity index (χ1) is 16.9.